The average molecular weight is 331 g/mol. The summed E-state index contributed by atoms with van der Waals surface area (Å²) in [6, 6.07) is 6.64. The smallest absolute Gasteiger partial charge is 0.306 e. The molecule has 0 saturated carbocycles. The van der Waals surface area contributed by atoms with Crippen LogP contribution < -0.4 is 0 Å². The predicted molar refractivity (Wildman–Crippen MR) is 86.5 cm³/mol. The van der Waals surface area contributed by atoms with Gasteiger partial charge in [-0.05, 0) is 18.6 Å². The molecule has 0 fully saturated rings. The Morgan fingerprint density at radius 2 is 1.58 bits per heavy atom. The topological polar surface area (TPSA) is 80.8 Å². The molecule has 0 aromatic heterocycles. The van der Waals surface area contributed by atoms with Crippen molar-refractivity contribution in [1.82, 2.24) is 4.90 Å². The number of rotatable bonds is 6. The molecule has 1 aromatic carbocycles. The molecule has 6 heteroatoms. The van der Waals surface area contributed by atoms with Gasteiger partial charge in [0, 0.05) is 18.4 Å². The van der Waals surface area contributed by atoms with Crippen molar-refractivity contribution >= 4 is 23.6 Å². The van der Waals surface area contributed by atoms with E-state index in [-0.39, 0.29) is 37.2 Å². The third kappa shape index (κ3) is 3.88. The molecule has 0 radical (unpaired) electrons. The van der Waals surface area contributed by atoms with Gasteiger partial charge in [-0.1, -0.05) is 32.9 Å². The number of nitrogens with zero attached hydrogens (tertiary/aromatic N) is 1. The third-order valence-corrected chi connectivity index (χ3v) is 3.84. The zero-order chi connectivity index (χ0) is 17.9. The van der Waals surface area contributed by atoms with Gasteiger partial charge in [-0.15, -0.1) is 0 Å². The van der Waals surface area contributed by atoms with Crippen molar-refractivity contribution in [3.05, 3.63) is 35.4 Å². The highest BCUT2D eigenvalue weighted by molar-refractivity contribution is 6.21. The van der Waals surface area contributed by atoms with Crippen LogP contribution >= 0.6 is 0 Å². The van der Waals surface area contributed by atoms with Gasteiger partial charge in [0.15, 0.2) is 12.4 Å². The van der Waals surface area contributed by atoms with Crippen LogP contribution in [0.15, 0.2) is 24.3 Å². The first kappa shape index (κ1) is 17.8. The fourth-order valence-corrected chi connectivity index (χ4v) is 2.26. The van der Waals surface area contributed by atoms with Gasteiger partial charge in [0.05, 0.1) is 11.1 Å². The number of imide groups is 1. The lowest BCUT2D eigenvalue weighted by Crippen LogP contribution is -2.31. The second-order valence-corrected chi connectivity index (χ2v) is 6.74. The van der Waals surface area contributed by atoms with Gasteiger partial charge >= 0.3 is 5.97 Å². The average Bonchev–Trinajstić information content (AvgIpc) is 2.77. The van der Waals surface area contributed by atoms with Crippen molar-refractivity contribution in [2.75, 3.05) is 13.2 Å². The highest BCUT2D eigenvalue weighted by Crippen LogP contribution is 2.22. The number of hydrogen-bond donors (Lipinski definition) is 0. The van der Waals surface area contributed by atoms with Crippen LogP contribution in [0.25, 0.3) is 0 Å². The summed E-state index contributed by atoms with van der Waals surface area (Å²) in [4.78, 5) is 48.8. The van der Waals surface area contributed by atoms with Gasteiger partial charge in [0.2, 0.25) is 0 Å². The molecule has 0 unspecified atom stereocenters. The van der Waals surface area contributed by atoms with Crippen LogP contribution in [0, 0.1) is 5.41 Å². The molecule has 0 bridgehead atoms. The molecule has 0 saturated heterocycles. The van der Waals surface area contributed by atoms with Crippen molar-refractivity contribution < 1.29 is 23.9 Å². The number of ether oxygens (including phenoxy) is 1. The van der Waals surface area contributed by atoms with Crippen molar-refractivity contribution in [2.45, 2.75) is 33.6 Å². The molecule has 1 aromatic rings. The Labute approximate surface area is 140 Å². The van der Waals surface area contributed by atoms with E-state index in [9.17, 15) is 19.2 Å². The van der Waals surface area contributed by atoms with Gasteiger partial charge in [-0.3, -0.25) is 24.1 Å². The third-order valence-electron chi connectivity index (χ3n) is 3.84. The van der Waals surface area contributed by atoms with Gasteiger partial charge in [-0.25, -0.2) is 0 Å². The van der Waals surface area contributed by atoms with E-state index in [1.807, 2.05) is 0 Å². The number of Topliss-reactive ketones (excluding diaryl/α,β-unsaturated/α-hetero) is 1. The maximum Gasteiger partial charge on any atom is 0.306 e. The van der Waals surface area contributed by atoms with Crippen LogP contribution in [0.4, 0.5) is 0 Å². The maximum atomic E-state index is 12.2. The van der Waals surface area contributed by atoms with Crippen LogP contribution in [0.5, 0.6) is 0 Å². The van der Waals surface area contributed by atoms with E-state index < -0.39 is 11.4 Å². The molecule has 0 aliphatic carbocycles. The van der Waals surface area contributed by atoms with Gasteiger partial charge in [0.25, 0.3) is 11.8 Å². The minimum Gasteiger partial charge on any atom is -0.458 e. The van der Waals surface area contributed by atoms with Gasteiger partial charge in [0.1, 0.15) is 0 Å². The van der Waals surface area contributed by atoms with E-state index in [2.05, 4.69) is 0 Å². The summed E-state index contributed by atoms with van der Waals surface area (Å²) in [6.07, 6.45) is 0.346. The van der Waals surface area contributed by atoms with E-state index >= 15 is 0 Å². The number of fused-ring (bicyclic) bond motifs is 1. The molecular formula is C18H21NO5. The molecular weight excluding hydrogens is 310 g/mol. The first-order valence-electron chi connectivity index (χ1n) is 7.86. The summed E-state index contributed by atoms with van der Waals surface area (Å²) in [7, 11) is 0. The Bertz CT molecular complexity index is 652. The highest BCUT2D eigenvalue weighted by Gasteiger charge is 2.34. The first-order valence-corrected chi connectivity index (χ1v) is 7.86. The van der Waals surface area contributed by atoms with Crippen molar-refractivity contribution in [1.29, 1.82) is 0 Å². The van der Waals surface area contributed by atoms with Crippen molar-refractivity contribution in [2.24, 2.45) is 5.41 Å². The first-order chi connectivity index (χ1) is 11.2. The van der Waals surface area contributed by atoms with Crippen LogP contribution in [0.2, 0.25) is 0 Å². The lowest BCUT2D eigenvalue weighted by Gasteiger charge is -2.16. The van der Waals surface area contributed by atoms with Crippen LogP contribution in [-0.2, 0) is 14.3 Å². The number of carbonyl (C=O) groups excluding carboxylic acids is 4. The standard InChI is InChI=1S/C18H21NO5/c1-18(2,3)14(20)11-24-15(21)9-6-10-19-16(22)12-7-4-5-8-13(12)17(19)23/h4-5,7-8H,6,9-11H2,1-3H3. The fraction of sp³-hybridized carbons (Fsp3) is 0.444. The molecule has 0 spiro atoms. The Morgan fingerprint density at radius 3 is 2.08 bits per heavy atom. The Hall–Kier alpha value is -2.50. The minimum atomic E-state index is -0.555. The molecule has 1 aliphatic heterocycles. The highest BCUT2D eigenvalue weighted by atomic mass is 16.5. The van der Waals surface area contributed by atoms with Crippen LogP contribution in [-0.4, -0.2) is 41.6 Å². The van der Waals surface area contributed by atoms with E-state index in [4.69, 9.17) is 4.74 Å². The van der Waals surface area contributed by atoms with E-state index in [0.717, 1.165) is 4.90 Å². The van der Waals surface area contributed by atoms with E-state index in [0.29, 0.717) is 17.5 Å². The Kier molecular flexibility index (Phi) is 5.17. The number of esters is 1. The second kappa shape index (κ2) is 6.95. The summed E-state index contributed by atoms with van der Waals surface area (Å²) in [5.74, 6) is -1.35. The number of carbonyl (C=O) groups is 4. The molecule has 24 heavy (non-hydrogen) atoms. The normalized spacial score (nSPS) is 13.9. The molecule has 0 N–H and O–H groups in total. The monoisotopic (exact) mass is 331 g/mol. The quantitative estimate of drug-likeness (QED) is 0.590. The lowest BCUT2D eigenvalue weighted by atomic mass is 9.91. The number of amides is 2. The number of ketones is 1. The SMILES string of the molecule is CC(C)(C)C(=O)COC(=O)CCCN1C(=O)c2ccccc2C1=O. The molecule has 2 rings (SSSR count). The minimum absolute atomic E-state index is 0.0465. The lowest BCUT2D eigenvalue weighted by molar-refractivity contribution is -0.150. The summed E-state index contributed by atoms with van der Waals surface area (Å²) >= 11 is 0. The number of benzene rings is 1. The summed E-state index contributed by atoms with van der Waals surface area (Å²) in [5, 5.41) is 0. The summed E-state index contributed by atoms with van der Waals surface area (Å²) in [5.41, 5.74) is 0.224. The maximum absolute atomic E-state index is 12.2. The fourth-order valence-electron chi connectivity index (χ4n) is 2.26. The van der Waals surface area contributed by atoms with Crippen LogP contribution in [0.1, 0.15) is 54.3 Å². The van der Waals surface area contributed by atoms with Gasteiger partial charge < -0.3 is 4.74 Å². The molecule has 6 nitrogen and oxygen atoms in total. The van der Waals surface area contributed by atoms with Crippen molar-refractivity contribution in [3.8, 4) is 0 Å². The zero-order valence-electron chi connectivity index (χ0n) is 14.1. The molecule has 1 aliphatic rings. The summed E-state index contributed by atoms with van der Waals surface area (Å²) in [6.45, 7) is 5.16. The Balaban J connectivity index is 1.79. The van der Waals surface area contributed by atoms with Gasteiger partial charge in [-0.2, -0.15) is 0 Å². The van der Waals surface area contributed by atoms with Crippen LogP contribution in [0.3, 0.4) is 0 Å². The molecule has 0 atom stereocenters. The molecule has 1 heterocycles. The predicted octanol–water partition coefficient (Wildman–Crippen LogP) is 2.22. The zero-order valence-corrected chi connectivity index (χ0v) is 14.1. The second-order valence-electron chi connectivity index (χ2n) is 6.74. The van der Waals surface area contributed by atoms with Crippen molar-refractivity contribution in [3.63, 3.8) is 0 Å². The van der Waals surface area contributed by atoms with E-state index in [1.165, 1.54) is 0 Å². The largest absolute Gasteiger partial charge is 0.458 e. The summed E-state index contributed by atoms with van der Waals surface area (Å²) < 4.78 is 4.93. The number of hydrogen-bond acceptors (Lipinski definition) is 5. The molecule has 2 amide bonds. The molecule has 128 valence electrons. The van der Waals surface area contributed by atoms with E-state index in [1.54, 1.807) is 45.0 Å². The Morgan fingerprint density at radius 1 is 1.04 bits per heavy atom.